The predicted molar refractivity (Wildman–Crippen MR) is 168 cm³/mol. The molecular formula is C35H36F4N4O5. The van der Waals surface area contributed by atoms with E-state index in [9.17, 15) is 22.8 Å². The number of nitrogens with zero attached hydrogens (tertiary/aromatic N) is 4. The number of esters is 1. The van der Waals surface area contributed by atoms with Gasteiger partial charge in [-0.05, 0) is 81.8 Å². The summed E-state index contributed by atoms with van der Waals surface area (Å²) in [6, 6.07) is 16.3. The molecule has 1 fully saturated rings. The SMILES string of the molecule is CCOC(=O)c1cnn(-c2cccc(-c3cccc(F)c3OCc3ccc(C4CCN(C(=O)OC(C)(C)C)CC4)cc3)n2)c1C(F)(F)F. The number of piperidine rings is 1. The third-order valence-electron chi connectivity index (χ3n) is 7.71. The average molecular weight is 669 g/mol. The number of rotatable bonds is 8. The highest BCUT2D eigenvalue weighted by Gasteiger charge is 2.41. The second-order valence-electron chi connectivity index (χ2n) is 12.3. The Morgan fingerprint density at radius 3 is 2.29 bits per heavy atom. The smallest absolute Gasteiger partial charge is 0.434 e. The van der Waals surface area contributed by atoms with E-state index in [0.717, 1.165) is 30.2 Å². The summed E-state index contributed by atoms with van der Waals surface area (Å²) in [7, 11) is 0. The van der Waals surface area contributed by atoms with Crippen LogP contribution in [0.2, 0.25) is 0 Å². The summed E-state index contributed by atoms with van der Waals surface area (Å²) >= 11 is 0. The van der Waals surface area contributed by atoms with Gasteiger partial charge >= 0.3 is 18.2 Å². The van der Waals surface area contributed by atoms with Crippen molar-refractivity contribution in [1.29, 1.82) is 0 Å². The topological polar surface area (TPSA) is 95.8 Å². The summed E-state index contributed by atoms with van der Waals surface area (Å²) in [5.74, 6) is -1.92. The lowest BCUT2D eigenvalue weighted by Gasteiger charge is -2.33. The van der Waals surface area contributed by atoms with Crippen LogP contribution in [-0.4, -0.2) is 57.0 Å². The Morgan fingerprint density at radius 2 is 1.65 bits per heavy atom. The van der Waals surface area contributed by atoms with Crippen molar-refractivity contribution in [3.05, 3.63) is 95.1 Å². The number of ether oxygens (including phenoxy) is 3. The first-order valence-corrected chi connectivity index (χ1v) is 15.5. The Bertz CT molecular complexity index is 1760. The molecule has 0 aliphatic carbocycles. The molecule has 9 nitrogen and oxygen atoms in total. The molecule has 1 aliphatic rings. The van der Waals surface area contributed by atoms with Gasteiger partial charge < -0.3 is 19.1 Å². The highest BCUT2D eigenvalue weighted by Crippen LogP contribution is 2.36. The first-order chi connectivity index (χ1) is 22.7. The molecule has 4 aromatic rings. The largest absolute Gasteiger partial charge is 0.485 e. The summed E-state index contributed by atoms with van der Waals surface area (Å²) in [6.45, 7) is 8.11. The molecule has 0 radical (unpaired) electrons. The first-order valence-electron chi connectivity index (χ1n) is 15.5. The maximum Gasteiger partial charge on any atom is 0.434 e. The second-order valence-corrected chi connectivity index (χ2v) is 12.3. The first kappa shape index (κ1) is 34.4. The van der Waals surface area contributed by atoms with Gasteiger partial charge in [0.05, 0.1) is 18.5 Å². The molecule has 0 unspecified atom stereocenters. The third kappa shape index (κ3) is 7.95. The van der Waals surface area contributed by atoms with E-state index in [2.05, 4.69) is 10.1 Å². The lowest BCUT2D eigenvalue weighted by Crippen LogP contribution is -2.41. The molecule has 13 heteroatoms. The van der Waals surface area contributed by atoms with E-state index in [-0.39, 0.29) is 48.0 Å². The van der Waals surface area contributed by atoms with E-state index in [0.29, 0.717) is 17.8 Å². The molecule has 0 bridgehead atoms. The van der Waals surface area contributed by atoms with Crippen molar-refractivity contribution in [2.75, 3.05) is 19.7 Å². The van der Waals surface area contributed by atoms with E-state index in [1.807, 2.05) is 45.0 Å². The molecule has 1 saturated heterocycles. The van der Waals surface area contributed by atoms with Crippen LogP contribution < -0.4 is 4.74 Å². The van der Waals surface area contributed by atoms with Crippen molar-refractivity contribution in [1.82, 2.24) is 19.7 Å². The van der Waals surface area contributed by atoms with Gasteiger partial charge in [0.25, 0.3) is 0 Å². The Balaban J connectivity index is 1.31. The average Bonchev–Trinajstić information content (AvgIpc) is 3.51. The molecular weight excluding hydrogens is 632 g/mol. The fourth-order valence-electron chi connectivity index (χ4n) is 5.47. The molecule has 1 aliphatic heterocycles. The molecule has 0 saturated carbocycles. The van der Waals surface area contributed by atoms with Crippen LogP contribution in [-0.2, 0) is 22.3 Å². The van der Waals surface area contributed by atoms with Crippen molar-refractivity contribution in [3.63, 3.8) is 0 Å². The number of carbonyl (C=O) groups is 2. The highest BCUT2D eigenvalue weighted by molar-refractivity contribution is 5.90. The number of alkyl halides is 3. The van der Waals surface area contributed by atoms with E-state index in [4.69, 9.17) is 14.2 Å². The van der Waals surface area contributed by atoms with E-state index in [1.54, 1.807) is 11.0 Å². The Hall–Kier alpha value is -4.94. The van der Waals surface area contributed by atoms with Gasteiger partial charge in [-0.25, -0.2) is 23.6 Å². The van der Waals surface area contributed by atoms with E-state index < -0.39 is 34.8 Å². The minimum absolute atomic E-state index is 0.0191. The molecule has 5 rings (SSSR count). The van der Waals surface area contributed by atoms with Gasteiger partial charge in [0.2, 0.25) is 0 Å². The summed E-state index contributed by atoms with van der Waals surface area (Å²) in [6.07, 6.45) is -2.88. The van der Waals surface area contributed by atoms with E-state index in [1.165, 1.54) is 37.3 Å². The molecule has 48 heavy (non-hydrogen) atoms. The van der Waals surface area contributed by atoms with Crippen LogP contribution in [0.4, 0.5) is 22.4 Å². The second kappa shape index (κ2) is 14.0. The molecule has 0 N–H and O–H groups in total. The molecule has 254 valence electrons. The molecule has 0 atom stereocenters. The van der Waals surface area contributed by atoms with Crippen molar-refractivity contribution in [3.8, 4) is 22.8 Å². The zero-order chi connectivity index (χ0) is 34.6. The number of benzene rings is 2. The lowest BCUT2D eigenvalue weighted by molar-refractivity contribution is -0.143. The zero-order valence-electron chi connectivity index (χ0n) is 27.0. The lowest BCUT2D eigenvalue weighted by atomic mass is 9.89. The molecule has 0 spiro atoms. The van der Waals surface area contributed by atoms with Gasteiger partial charge in [-0.15, -0.1) is 0 Å². The van der Waals surface area contributed by atoms with Crippen molar-refractivity contribution >= 4 is 12.1 Å². The zero-order valence-corrected chi connectivity index (χ0v) is 27.0. The van der Waals surface area contributed by atoms with Gasteiger partial charge in [0.1, 0.15) is 17.8 Å². The Labute approximate surface area is 275 Å². The summed E-state index contributed by atoms with van der Waals surface area (Å²) in [4.78, 5) is 30.7. The van der Waals surface area contributed by atoms with Crippen molar-refractivity contribution in [2.24, 2.45) is 0 Å². The minimum atomic E-state index is -4.95. The number of amides is 1. The number of likely N-dealkylation sites (tertiary alicyclic amines) is 1. The molecule has 2 aromatic carbocycles. The number of aromatic nitrogens is 3. The fourth-order valence-corrected chi connectivity index (χ4v) is 5.47. The van der Waals surface area contributed by atoms with Crippen LogP contribution in [0.5, 0.6) is 5.75 Å². The van der Waals surface area contributed by atoms with Gasteiger partial charge in [0, 0.05) is 18.7 Å². The molecule has 2 aromatic heterocycles. The number of carbonyl (C=O) groups excluding carboxylic acids is 2. The summed E-state index contributed by atoms with van der Waals surface area (Å²) in [5, 5.41) is 3.78. The predicted octanol–water partition coefficient (Wildman–Crippen LogP) is 7.96. The van der Waals surface area contributed by atoms with Crippen molar-refractivity contribution < 1.29 is 41.4 Å². The number of hydrogen-bond donors (Lipinski definition) is 0. The summed E-state index contributed by atoms with van der Waals surface area (Å²) in [5.41, 5.74) is -0.375. The number of halogens is 4. The summed E-state index contributed by atoms with van der Waals surface area (Å²) < 4.78 is 74.0. The van der Waals surface area contributed by atoms with Gasteiger partial charge in [-0.2, -0.15) is 18.3 Å². The molecule has 1 amide bonds. The number of pyridine rings is 1. The van der Waals surface area contributed by atoms with Crippen LogP contribution in [0, 0.1) is 5.82 Å². The normalized spacial score (nSPS) is 14.1. The Morgan fingerprint density at radius 1 is 0.958 bits per heavy atom. The standard InChI is InChI=1S/C35H36F4N4O5/c1-5-46-32(44)26-20-40-43(31(26)35(37,38)39)29-11-7-10-28(41-29)25-8-6-9-27(36)30(25)47-21-22-12-14-23(15-13-22)24-16-18-42(19-17-24)33(45)48-34(2,3)4/h6-15,20,24H,5,16-19,21H2,1-4H3. The van der Waals surface area contributed by atoms with E-state index >= 15 is 4.39 Å². The Kier molecular flexibility index (Phi) is 10.1. The fraction of sp³-hybridized carbons (Fsp3) is 0.371. The number of hydrogen-bond acceptors (Lipinski definition) is 7. The van der Waals surface area contributed by atoms with Crippen LogP contribution in [0.25, 0.3) is 17.1 Å². The van der Waals surface area contributed by atoms with Crippen molar-refractivity contribution in [2.45, 2.75) is 64.8 Å². The monoisotopic (exact) mass is 668 g/mol. The van der Waals surface area contributed by atoms with Crippen LogP contribution >= 0.6 is 0 Å². The van der Waals surface area contributed by atoms with Crippen LogP contribution in [0.1, 0.15) is 73.6 Å². The number of para-hydroxylation sites is 1. The third-order valence-corrected chi connectivity index (χ3v) is 7.71. The maximum absolute atomic E-state index is 15.1. The van der Waals surface area contributed by atoms with Crippen LogP contribution in [0.15, 0.2) is 66.9 Å². The quantitative estimate of drug-likeness (QED) is 0.139. The maximum atomic E-state index is 15.1. The van der Waals surface area contributed by atoms with Gasteiger partial charge in [0.15, 0.2) is 23.1 Å². The van der Waals surface area contributed by atoms with Crippen LogP contribution in [0.3, 0.4) is 0 Å². The van der Waals surface area contributed by atoms with Gasteiger partial charge in [-0.3, -0.25) is 0 Å². The molecule has 3 heterocycles. The minimum Gasteiger partial charge on any atom is -0.485 e. The highest BCUT2D eigenvalue weighted by atomic mass is 19.4. The van der Waals surface area contributed by atoms with Gasteiger partial charge in [-0.1, -0.05) is 36.4 Å².